The quantitative estimate of drug-likeness (QED) is 0.405. The van der Waals surface area contributed by atoms with Crippen molar-refractivity contribution in [3.05, 3.63) is 93.0 Å². The highest BCUT2D eigenvalue weighted by Crippen LogP contribution is 2.29. The summed E-state index contributed by atoms with van der Waals surface area (Å²) in [6, 6.07) is 15.3. The van der Waals surface area contributed by atoms with E-state index in [1.54, 1.807) is 49.4 Å². The molecular weight excluding hydrogens is 478 g/mol. The summed E-state index contributed by atoms with van der Waals surface area (Å²) < 4.78 is 55.9. The summed E-state index contributed by atoms with van der Waals surface area (Å²) in [5, 5.41) is 11.1. The number of fused-ring (bicyclic) bond motifs is 1. The number of hydrogen-bond donors (Lipinski definition) is 1. The molecule has 9 nitrogen and oxygen atoms in total. The van der Waals surface area contributed by atoms with Gasteiger partial charge in [0.15, 0.2) is 0 Å². The lowest BCUT2D eigenvalue weighted by Crippen LogP contribution is -2.36. The Balaban J connectivity index is 1.61. The fourth-order valence-corrected chi connectivity index (χ4v) is 6.60. The highest BCUT2D eigenvalue weighted by atomic mass is 32.2. The molecule has 0 unspecified atom stereocenters. The maximum Gasteiger partial charge on any atom is 0.270 e. The number of nitrogens with one attached hydrogen (secondary N) is 1. The van der Waals surface area contributed by atoms with Gasteiger partial charge >= 0.3 is 0 Å². The lowest BCUT2D eigenvalue weighted by Gasteiger charge is -2.28. The van der Waals surface area contributed by atoms with Crippen molar-refractivity contribution in [2.75, 3.05) is 11.3 Å². The molecule has 34 heavy (non-hydrogen) atoms. The Kier molecular flexibility index (Phi) is 6.19. The predicted molar refractivity (Wildman–Crippen MR) is 128 cm³/mol. The fourth-order valence-electron chi connectivity index (χ4n) is 3.86. The van der Waals surface area contributed by atoms with Crippen LogP contribution in [0.5, 0.6) is 0 Å². The molecule has 3 aromatic carbocycles. The van der Waals surface area contributed by atoms with Crippen LogP contribution in [-0.2, 0) is 33.0 Å². The number of rotatable bonds is 6. The van der Waals surface area contributed by atoms with Crippen molar-refractivity contribution in [1.82, 2.24) is 4.31 Å². The van der Waals surface area contributed by atoms with Crippen molar-refractivity contribution in [3.63, 3.8) is 0 Å². The summed E-state index contributed by atoms with van der Waals surface area (Å²) in [6.45, 7) is 3.86. The number of benzene rings is 3. The van der Waals surface area contributed by atoms with Crippen LogP contribution in [0.3, 0.4) is 0 Å². The number of anilines is 1. The van der Waals surface area contributed by atoms with Gasteiger partial charge in [-0.05, 0) is 61.2 Å². The van der Waals surface area contributed by atoms with Crippen molar-refractivity contribution in [3.8, 4) is 0 Å². The molecule has 0 atom stereocenters. The molecule has 0 aromatic heterocycles. The zero-order chi connectivity index (χ0) is 24.7. The van der Waals surface area contributed by atoms with Gasteiger partial charge in [-0.3, -0.25) is 14.8 Å². The molecule has 0 aliphatic carbocycles. The Morgan fingerprint density at radius 3 is 2.29 bits per heavy atom. The van der Waals surface area contributed by atoms with Crippen LogP contribution in [0.25, 0.3) is 0 Å². The molecule has 0 spiro atoms. The summed E-state index contributed by atoms with van der Waals surface area (Å²) in [5.41, 5.74) is 2.88. The van der Waals surface area contributed by atoms with Gasteiger partial charge in [-0.2, -0.15) is 4.31 Å². The summed E-state index contributed by atoms with van der Waals surface area (Å²) in [7, 11) is -7.80. The van der Waals surface area contributed by atoms with Crippen LogP contribution in [-0.4, -0.2) is 32.6 Å². The SMILES string of the molecule is Cc1ccc(S(=O)(=O)N2CCc3ccc(NS(=O)(=O)c4cc([N+](=O)[O-])ccc4C)cc3C2)cc1. The van der Waals surface area contributed by atoms with Gasteiger partial charge in [0.1, 0.15) is 0 Å². The van der Waals surface area contributed by atoms with Crippen LogP contribution < -0.4 is 4.72 Å². The van der Waals surface area contributed by atoms with E-state index in [1.165, 1.54) is 16.4 Å². The number of sulfonamides is 2. The van der Waals surface area contributed by atoms with Gasteiger partial charge in [0.05, 0.1) is 14.7 Å². The zero-order valence-corrected chi connectivity index (χ0v) is 20.2. The van der Waals surface area contributed by atoms with Crippen LogP contribution in [0, 0.1) is 24.0 Å². The molecule has 1 aliphatic heterocycles. The third-order valence-corrected chi connectivity index (χ3v) is 9.15. The van der Waals surface area contributed by atoms with Crippen molar-refractivity contribution < 1.29 is 21.8 Å². The topological polar surface area (TPSA) is 127 Å². The van der Waals surface area contributed by atoms with Crippen molar-refractivity contribution in [1.29, 1.82) is 0 Å². The summed E-state index contributed by atoms with van der Waals surface area (Å²) in [5.74, 6) is 0. The number of nitrogens with zero attached hydrogens (tertiary/aromatic N) is 2. The van der Waals surface area contributed by atoms with Crippen molar-refractivity contribution >= 4 is 31.4 Å². The van der Waals surface area contributed by atoms with E-state index in [2.05, 4.69) is 4.72 Å². The van der Waals surface area contributed by atoms with E-state index >= 15 is 0 Å². The van der Waals surface area contributed by atoms with E-state index in [9.17, 15) is 26.9 Å². The normalized spacial score (nSPS) is 14.4. The average molecular weight is 502 g/mol. The van der Waals surface area contributed by atoms with Gasteiger partial charge in [0.25, 0.3) is 15.7 Å². The number of non-ortho nitro benzene ring substituents is 1. The van der Waals surface area contributed by atoms with E-state index in [0.29, 0.717) is 24.1 Å². The second-order valence-electron chi connectivity index (χ2n) is 8.20. The van der Waals surface area contributed by atoms with Gasteiger partial charge in [0, 0.05) is 30.9 Å². The fraction of sp³-hybridized carbons (Fsp3) is 0.217. The van der Waals surface area contributed by atoms with Crippen molar-refractivity contribution in [2.24, 2.45) is 0 Å². The second-order valence-corrected chi connectivity index (χ2v) is 11.8. The molecule has 0 fully saturated rings. The van der Waals surface area contributed by atoms with Gasteiger partial charge in [-0.15, -0.1) is 0 Å². The first kappa shape index (κ1) is 23.9. The first-order chi connectivity index (χ1) is 16.0. The van der Waals surface area contributed by atoms with Crippen molar-refractivity contribution in [2.45, 2.75) is 36.6 Å². The van der Waals surface area contributed by atoms with Gasteiger partial charge in [0.2, 0.25) is 10.0 Å². The predicted octanol–water partition coefficient (Wildman–Crippen LogP) is 3.76. The Bertz CT molecular complexity index is 1480. The maximum atomic E-state index is 13.1. The molecule has 0 amide bonds. The van der Waals surface area contributed by atoms with Crippen LogP contribution >= 0.6 is 0 Å². The molecule has 1 N–H and O–H groups in total. The number of nitro groups is 1. The minimum Gasteiger partial charge on any atom is -0.280 e. The third-order valence-electron chi connectivity index (χ3n) is 5.77. The maximum absolute atomic E-state index is 13.1. The summed E-state index contributed by atoms with van der Waals surface area (Å²) in [6.07, 6.45) is 0.497. The Morgan fingerprint density at radius 2 is 1.62 bits per heavy atom. The largest absolute Gasteiger partial charge is 0.280 e. The smallest absolute Gasteiger partial charge is 0.270 e. The number of nitro benzene ring substituents is 1. The first-order valence-electron chi connectivity index (χ1n) is 10.4. The van der Waals surface area contributed by atoms with Gasteiger partial charge in [-0.25, -0.2) is 16.8 Å². The van der Waals surface area contributed by atoms with Crippen LogP contribution in [0.1, 0.15) is 22.3 Å². The summed E-state index contributed by atoms with van der Waals surface area (Å²) >= 11 is 0. The third kappa shape index (κ3) is 4.67. The minimum absolute atomic E-state index is 0.108. The van der Waals surface area contributed by atoms with E-state index < -0.39 is 25.0 Å². The van der Waals surface area contributed by atoms with Crippen LogP contribution in [0.4, 0.5) is 11.4 Å². The Hall–Kier alpha value is -3.28. The number of hydrogen-bond acceptors (Lipinski definition) is 6. The average Bonchev–Trinajstić information content (AvgIpc) is 2.78. The second kappa shape index (κ2) is 8.82. The van der Waals surface area contributed by atoms with Crippen LogP contribution in [0.15, 0.2) is 70.5 Å². The molecule has 11 heteroatoms. The Morgan fingerprint density at radius 1 is 0.912 bits per heavy atom. The van der Waals surface area contributed by atoms with E-state index in [4.69, 9.17) is 0 Å². The highest BCUT2D eigenvalue weighted by molar-refractivity contribution is 7.92. The number of aryl methyl sites for hydroxylation is 2. The summed E-state index contributed by atoms with van der Waals surface area (Å²) in [4.78, 5) is 10.4. The lowest BCUT2D eigenvalue weighted by atomic mass is 10.0. The molecule has 178 valence electrons. The zero-order valence-electron chi connectivity index (χ0n) is 18.6. The Labute approximate surface area is 198 Å². The van der Waals surface area contributed by atoms with E-state index in [-0.39, 0.29) is 27.7 Å². The van der Waals surface area contributed by atoms with E-state index in [0.717, 1.165) is 17.2 Å². The molecule has 0 radical (unpaired) electrons. The van der Waals surface area contributed by atoms with E-state index in [1.807, 2.05) is 6.92 Å². The molecule has 4 rings (SSSR count). The monoisotopic (exact) mass is 501 g/mol. The molecule has 0 saturated carbocycles. The molecule has 0 bridgehead atoms. The molecule has 3 aromatic rings. The first-order valence-corrected chi connectivity index (χ1v) is 13.4. The highest BCUT2D eigenvalue weighted by Gasteiger charge is 2.29. The molecule has 1 aliphatic rings. The minimum atomic E-state index is -4.10. The van der Waals surface area contributed by atoms with Gasteiger partial charge in [-0.1, -0.05) is 29.8 Å². The standard InChI is InChI=1S/C23H23N3O6S2/c1-16-3-9-22(10-4-16)34(31,32)25-12-11-18-6-7-20(13-19(18)15-25)24-33(29,30)23-14-21(26(27)28)8-5-17(23)2/h3-10,13-14,24H,11-12,15H2,1-2H3. The molecular formula is C23H23N3O6S2. The molecule has 0 saturated heterocycles. The lowest BCUT2D eigenvalue weighted by molar-refractivity contribution is -0.385. The van der Waals surface area contributed by atoms with Crippen LogP contribution in [0.2, 0.25) is 0 Å². The molecule has 1 heterocycles. The van der Waals surface area contributed by atoms with Gasteiger partial charge < -0.3 is 0 Å².